The van der Waals surface area contributed by atoms with Crippen LogP contribution in [0.25, 0.3) is 44.3 Å². The van der Waals surface area contributed by atoms with E-state index >= 15 is 0 Å². The van der Waals surface area contributed by atoms with E-state index < -0.39 is 0 Å². The molecule has 2 aromatic heterocycles. The van der Waals surface area contributed by atoms with Crippen molar-refractivity contribution in [1.29, 1.82) is 0 Å². The van der Waals surface area contributed by atoms with Gasteiger partial charge in [0.05, 0.1) is 109 Å². The van der Waals surface area contributed by atoms with Crippen LogP contribution in [0.4, 0.5) is 48.6 Å². The lowest BCUT2D eigenvalue weighted by Gasteiger charge is -2.33. The van der Waals surface area contributed by atoms with Crippen LogP contribution in [-0.4, -0.2) is 115 Å². The number of ether oxygens (including phenoxy) is 4. The summed E-state index contributed by atoms with van der Waals surface area (Å²) in [4.78, 5) is 18.7. The van der Waals surface area contributed by atoms with Crippen LogP contribution >= 0.6 is 34.8 Å². The molecule has 4 saturated heterocycles. The monoisotopic (exact) mass is 1100 g/mol. The average molecular weight is 1100 g/mol. The predicted octanol–water partition coefficient (Wildman–Crippen LogP) is 13.0. The molecule has 8 aromatic rings. The number of fused-ring (bicyclic) bond motifs is 2. The first-order chi connectivity index (χ1) is 37.5. The molecule has 0 amide bonds. The number of morpholine rings is 4. The van der Waals surface area contributed by atoms with Crippen LogP contribution in [0.1, 0.15) is 11.1 Å². The van der Waals surface area contributed by atoms with Crippen LogP contribution in [0, 0.1) is 25.5 Å². The van der Waals surface area contributed by atoms with Crippen LogP contribution in [0.2, 0.25) is 15.1 Å². The molecule has 0 saturated carbocycles. The molecular weight excluding hydrogens is 1040 g/mol. The van der Waals surface area contributed by atoms with E-state index in [9.17, 15) is 8.78 Å². The van der Waals surface area contributed by atoms with E-state index in [1.165, 1.54) is 17.8 Å². The van der Waals surface area contributed by atoms with Crippen molar-refractivity contribution >= 4 is 96.4 Å². The fraction of sp³-hybridized carbons (Fsp3) is 0.300. The van der Waals surface area contributed by atoms with E-state index in [-0.39, 0.29) is 11.6 Å². The zero-order valence-electron chi connectivity index (χ0n) is 43.1. The second-order valence-electron chi connectivity index (χ2n) is 19.1. The normalized spacial score (nSPS) is 15.9. The summed E-state index contributed by atoms with van der Waals surface area (Å²) in [6.45, 7) is 16.8. The molecule has 0 bridgehead atoms. The Hall–Kier alpha value is -6.49. The van der Waals surface area contributed by atoms with E-state index in [1.54, 1.807) is 48.5 Å². The van der Waals surface area contributed by atoms with Crippen molar-refractivity contribution in [3.8, 4) is 22.5 Å². The quantitative estimate of drug-likeness (QED) is 0.141. The lowest BCUT2D eigenvalue weighted by Crippen LogP contribution is -2.37. The molecule has 12 nitrogen and oxygen atoms in total. The zero-order chi connectivity index (χ0) is 53.4. The Balaban J connectivity index is 0.000000145. The van der Waals surface area contributed by atoms with Gasteiger partial charge in [0.15, 0.2) is 0 Å². The van der Waals surface area contributed by atoms with Gasteiger partial charge >= 0.3 is 0 Å². The van der Waals surface area contributed by atoms with Gasteiger partial charge < -0.3 is 49.6 Å². The SMILES string of the molecule is Cc1c(-c2ccccc2F)nc2ccc(Cl)cc2c1Cl.Cc1c(-c2ccccc2F)nc2ccc(Cl)cc2c1Nc1cc(N2CCOCC2)ccc1N1CCOCC1.Nc1cc(N2CCOCC2)ccc1N1CCOCC1. The minimum atomic E-state index is -0.313. The molecule has 400 valence electrons. The van der Waals surface area contributed by atoms with Gasteiger partial charge in [0, 0.05) is 95.7 Å². The van der Waals surface area contributed by atoms with Gasteiger partial charge in [-0.3, -0.25) is 0 Å². The Morgan fingerprint density at radius 3 is 1.42 bits per heavy atom. The number of nitrogens with one attached hydrogen (secondary N) is 1. The smallest absolute Gasteiger partial charge is 0.132 e. The zero-order valence-corrected chi connectivity index (χ0v) is 45.4. The van der Waals surface area contributed by atoms with E-state index in [2.05, 4.69) is 66.3 Å². The van der Waals surface area contributed by atoms with Crippen LogP contribution in [-0.2, 0) is 18.9 Å². The van der Waals surface area contributed by atoms with Gasteiger partial charge in [-0.15, -0.1) is 0 Å². The average Bonchev–Trinajstić information content (AvgIpc) is 3.51. The molecule has 6 heterocycles. The summed E-state index contributed by atoms with van der Waals surface area (Å²) >= 11 is 18.8. The number of aromatic nitrogens is 2. The summed E-state index contributed by atoms with van der Waals surface area (Å²) in [7, 11) is 0. The fourth-order valence-electron chi connectivity index (χ4n) is 10.1. The summed E-state index contributed by atoms with van der Waals surface area (Å²) in [5, 5.41) is 7.19. The Kier molecular flexibility index (Phi) is 17.4. The maximum absolute atomic E-state index is 14.9. The Labute approximate surface area is 463 Å². The van der Waals surface area contributed by atoms with Crippen molar-refractivity contribution in [3.05, 3.63) is 159 Å². The third kappa shape index (κ3) is 12.5. The molecule has 0 aliphatic carbocycles. The highest BCUT2D eigenvalue weighted by molar-refractivity contribution is 6.37. The summed E-state index contributed by atoms with van der Waals surface area (Å²) in [5.74, 6) is -0.613. The number of pyridine rings is 2. The highest BCUT2D eigenvalue weighted by atomic mass is 35.5. The molecule has 6 aromatic carbocycles. The molecule has 0 spiro atoms. The van der Waals surface area contributed by atoms with Gasteiger partial charge in [-0.2, -0.15) is 0 Å². The number of nitrogen functional groups attached to an aromatic ring is 1. The van der Waals surface area contributed by atoms with E-state index in [0.29, 0.717) is 69.5 Å². The Morgan fingerprint density at radius 2 is 0.909 bits per heavy atom. The number of anilines is 7. The summed E-state index contributed by atoms with van der Waals surface area (Å²) in [5.41, 5.74) is 18.6. The maximum Gasteiger partial charge on any atom is 0.132 e. The third-order valence-corrected chi connectivity index (χ3v) is 15.2. The minimum Gasteiger partial charge on any atom is -0.397 e. The van der Waals surface area contributed by atoms with Crippen molar-refractivity contribution < 1.29 is 27.7 Å². The molecular formula is C60H61Cl3F2N8O4. The molecule has 77 heavy (non-hydrogen) atoms. The minimum absolute atomic E-state index is 0.300. The predicted molar refractivity (Wildman–Crippen MR) is 311 cm³/mol. The van der Waals surface area contributed by atoms with Gasteiger partial charge in [0.25, 0.3) is 0 Å². The molecule has 12 rings (SSSR count). The van der Waals surface area contributed by atoms with Gasteiger partial charge in [0.2, 0.25) is 0 Å². The number of hydrogen-bond acceptors (Lipinski definition) is 12. The van der Waals surface area contributed by atoms with Gasteiger partial charge in [0.1, 0.15) is 11.6 Å². The summed E-state index contributed by atoms with van der Waals surface area (Å²) in [6, 6.07) is 37.2. The largest absolute Gasteiger partial charge is 0.397 e. The molecule has 4 fully saturated rings. The molecule has 0 atom stereocenters. The Morgan fingerprint density at radius 1 is 0.481 bits per heavy atom. The standard InChI is InChI=1S/C30H30ClFN4O2.C16H10Cl2FN.C14H21N3O2/c1-20-29(23-4-2-3-5-25(23)32)33-26-8-6-21(31)18-24(26)30(20)34-27-19-22(35-10-14-37-15-11-35)7-9-28(27)36-12-16-38-17-13-36;1-9-15(18)12-8-10(17)6-7-14(12)20-16(9)11-4-2-3-5-13(11)19;15-13-11-12(16-3-7-18-8-4-16)1-2-14(13)17-5-9-19-10-6-17/h2-9,18-19H,10-17H2,1H3,(H,33,34);2-8H,1H3;1-2,11H,3-10,15H2. The third-order valence-electron chi connectivity index (χ3n) is 14.3. The maximum atomic E-state index is 14.9. The van der Waals surface area contributed by atoms with Crippen molar-refractivity contribution in [1.82, 2.24) is 9.97 Å². The number of benzene rings is 6. The van der Waals surface area contributed by atoms with Crippen LogP contribution in [0.3, 0.4) is 0 Å². The van der Waals surface area contributed by atoms with Crippen molar-refractivity contribution in [2.75, 3.05) is 136 Å². The highest BCUT2D eigenvalue weighted by Crippen LogP contribution is 2.41. The molecule has 0 unspecified atom stereocenters. The fourth-order valence-corrected chi connectivity index (χ4v) is 10.7. The first-order valence-electron chi connectivity index (χ1n) is 26.0. The number of rotatable bonds is 8. The van der Waals surface area contributed by atoms with Crippen molar-refractivity contribution in [3.63, 3.8) is 0 Å². The highest BCUT2D eigenvalue weighted by Gasteiger charge is 2.23. The van der Waals surface area contributed by atoms with Gasteiger partial charge in [-0.25, -0.2) is 18.7 Å². The van der Waals surface area contributed by atoms with E-state index in [1.807, 2.05) is 38.1 Å². The molecule has 3 N–H and O–H groups in total. The first kappa shape index (κ1) is 53.9. The second-order valence-corrected chi connectivity index (χ2v) is 20.4. The molecule has 17 heteroatoms. The van der Waals surface area contributed by atoms with E-state index in [0.717, 1.165) is 140 Å². The number of halogens is 5. The Bertz CT molecular complexity index is 3370. The number of nitrogens with zero attached hydrogens (tertiary/aromatic N) is 6. The topological polar surface area (TPSA) is 114 Å². The summed E-state index contributed by atoms with van der Waals surface area (Å²) < 4.78 is 50.8. The number of hydrogen-bond donors (Lipinski definition) is 2. The van der Waals surface area contributed by atoms with E-state index in [4.69, 9.17) is 64.5 Å². The van der Waals surface area contributed by atoms with Crippen LogP contribution in [0.15, 0.2) is 121 Å². The van der Waals surface area contributed by atoms with Crippen molar-refractivity contribution in [2.45, 2.75) is 13.8 Å². The van der Waals surface area contributed by atoms with Gasteiger partial charge in [-0.1, -0.05) is 59.1 Å². The first-order valence-corrected chi connectivity index (χ1v) is 27.1. The molecule has 4 aliphatic heterocycles. The molecule has 4 aliphatic rings. The second kappa shape index (κ2) is 24.9. The van der Waals surface area contributed by atoms with Crippen LogP contribution in [0.5, 0.6) is 0 Å². The number of nitrogens with two attached hydrogens (primary N) is 1. The lowest BCUT2D eigenvalue weighted by molar-refractivity contribution is 0.122. The molecule has 0 radical (unpaired) electrons. The van der Waals surface area contributed by atoms with Gasteiger partial charge in [-0.05, 0) is 122 Å². The lowest BCUT2D eigenvalue weighted by atomic mass is 10.0. The van der Waals surface area contributed by atoms with Crippen molar-refractivity contribution in [2.24, 2.45) is 0 Å². The summed E-state index contributed by atoms with van der Waals surface area (Å²) in [6.07, 6.45) is 0. The van der Waals surface area contributed by atoms with Crippen LogP contribution < -0.4 is 30.7 Å².